The normalized spacial score (nSPS) is 19.5. The lowest BCUT2D eigenvalue weighted by Crippen LogP contribution is -2.33. The van der Waals surface area contributed by atoms with E-state index in [9.17, 15) is 0 Å². The van der Waals surface area contributed by atoms with Crippen LogP contribution in [0.2, 0.25) is 0 Å². The highest BCUT2D eigenvalue weighted by molar-refractivity contribution is 5.36. The lowest BCUT2D eigenvalue weighted by Gasteiger charge is -2.13. The van der Waals surface area contributed by atoms with Gasteiger partial charge < -0.3 is 15.4 Å². The van der Waals surface area contributed by atoms with E-state index in [4.69, 9.17) is 4.74 Å². The van der Waals surface area contributed by atoms with E-state index in [0.717, 1.165) is 18.8 Å². The number of hydrogen-bond acceptors (Lipinski definition) is 3. The summed E-state index contributed by atoms with van der Waals surface area (Å²) in [4.78, 5) is 0. The van der Waals surface area contributed by atoms with E-state index in [0.29, 0.717) is 6.04 Å². The number of nitrogens with one attached hydrogen (secondary N) is 2. The van der Waals surface area contributed by atoms with Crippen LogP contribution < -0.4 is 15.4 Å². The van der Waals surface area contributed by atoms with Crippen LogP contribution in [-0.4, -0.2) is 26.2 Å². The molecule has 0 aliphatic carbocycles. The number of hydrogen-bond donors (Lipinski definition) is 2. The van der Waals surface area contributed by atoms with Crippen molar-refractivity contribution in [2.24, 2.45) is 0 Å². The molecule has 0 aromatic heterocycles. The molecule has 2 N–H and O–H groups in total. The molecule has 1 atom stereocenters. The molecule has 1 aromatic carbocycles. The van der Waals surface area contributed by atoms with Crippen LogP contribution in [-0.2, 0) is 6.54 Å². The minimum absolute atomic E-state index is 0.644. The lowest BCUT2D eigenvalue weighted by molar-refractivity contribution is 0.406. The summed E-state index contributed by atoms with van der Waals surface area (Å²) < 4.78 is 5.37. The number of aryl methyl sites for hydroxylation is 1. The van der Waals surface area contributed by atoms with Crippen molar-refractivity contribution in [1.29, 1.82) is 0 Å². The lowest BCUT2D eigenvalue weighted by atomic mass is 10.1. The van der Waals surface area contributed by atoms with Gasteiger partial charge in [-0.1, -0.05) is 17.7 Å². The number of methoxy groups -OCH3 is 1. The summed E-state index contributed by atoms with van der Waals surface area (Å²) >= 11 is 0. The molecule has 1 heterocycles. The first-order valence-corrected chi connectivity index (χ1v) is 6.37. The minimum atomic E-state index is 0.644. The zero-order chi connectivity index (χ0) is 12.1. The number of benzene rings is 1. The van der Waals surface area contributed by atoms with Crippen molar-refractivity contribution in [3.8, 4) is 5.75 Å². The number of rotatable bonds is 5. The summed E-state index contributed by atoms with van der Waals surface area (Å²) in [5, 5.41) is 6.99. The van der Waals surface area contributed by atoms with Gasteiger partial charge in [0.15, 0.2) is 0 Å². The van der Waals surface area contributed by atoms with E-state index in [1.54, 1.807) is 7.11 Å². The van der Waals surface area contributed by atoms with Crippen LogP contribution in [0.5, 0.6) is 5.75 Å². The molecule has 17 heavy (non-hydrogen) atoms. The fraction of sp³-hybridized carbons (Fsp3) is 0.571. The first-order chi connectivity index (χ1) is 8.29. The SMILES string of the molecule is COc1ccc(C)cc1CNCC1CCCN1. The summed E-state index contributed by atoms with van der Waals surface area (Å²) in [6.07, 6.45) is 2.60. The van der Waals surface area contributed by atoms with Gasteiger partial charge in [-0.25, -0.2) is 0 Å². The van der Waals surface area contributed by atoms with Crippen molar-refractivity contribution in [1.82, 2.24) is 10.6 Å². The summed E-state index contributed by atoms with van der Waals surface area (Å²) in [5.41, 5.74) is 2.52. The molecule has 0 radical (unpaired) electrons. The van der Waals surface area contributed by atoms with Crippen LogP contribution in [0.25, 0.3) is 0 Å². The zero-order valence-corrected chi connectivity index (χ0v) is 10.8. The van der Waals surface area contributed by atoms with Crippen molar-refractivity contribution in [2.45, 2.75) is 32.4 Å². The molecular formula is C14H22N2O. The Labute approximate surface area is 104 Å². The largest absolute Gasteiger partial charge is 0.496 e. The van der Waals surface area contributed by atoms with Gasteiger partial charge in [0.05, 0.1) is 7.11 Å². The molecule has 1 aromatic rings. The van der Waals surface area contributed by atoms with Gasteiger partial charge in [-0.3, -0.25) is 0 Å². The first-order valence-electron chi connectivity index (χ1n) is 6.37. The molecule has 1 aliphatic heterocycles. The second-order valence-corrected chi connectivity index (χ2v) is 4.74. The van der Waals surface area contributed by atoms with Crippen LogP contribution in [0, 0.1) is 6.92 Å². The average Bonchev–Trinajstić information content (AvgIpc) is 2.82. The predicted molar refractivity (Wildman–Crippen MR) is 70.5 cm³/mol. The van der Waals surface area contributed by atoms with E-state index in [2.05, 4.69) is 29.7 Å². The third-order valence-corrected chi connectivity index (χ3v) is 3.30. The van der Waals surface area contributed by atoms with Gasteiger partial charge in [-0.05, 0) is 32.4 Å². The molecule has 1 fully saturated rings. The number of ether oxygens (including phenoxy) is 1. The summed E-state index contributed by atoms with van der Waals surface area (Å²) in [5.74, 6) is 0.975. The molecule has 0 saturated carbocycles. The molecular weight excluding hydrogens is 212 g/mol. The Bertz CT molecular complexity index is 359. The third-order valence-electron chi connectivity index (χ3n) is 3.30. The second-order valence-electron chi connectivity index (χ2n) is 4.74. The predicted octanol–water partition coefficient (Wildman–Crippen LogP) is 1.85. The van der Waals surface area contributed by atoms with Crippen LogP contribution in [0.3, 0.4) is 0 Å². The molecule has 0 amide bonds. The van der Waals surface area contributed by atoms with Crippen LogP contribution >= 0.6 is 0 Å². The van der Waals surface area contributed by atoms with E-state index in [1.807, 2.05) is 6.07 Å². The fourth-order valence-corrected chi connectivity index (χ4v) is 2.36. The highest BCUT2D eigenvalue weighted by atomic mass is 16.5. The third kappa shape index (κ3) is 3.45. The molecule has 0 bridgehead atoms. The smallest absolute Gasteiger partial charge is 0.123 e. The Morgan fingerprint density at radius 1 is 1.47 bits per heavy atom. The molecule has 1 aliphatic rings. The van der Waals surface area contributed by atoms with Gasteiger partial charge >= 0.3 is 0 Å². The molecule has 1 unspecified atom stereocenters. The van der Waals surface area contributed by atoms with Crippen LogP contribution in [0.15, 0.2) is 18.2 Å². The zero-order valence-electron chi connectivity index (χ0n) is 10.8. The van der Waals surface area contributed by atoms with Gasteiger partial charge in [-0.15, -0.1) is 0 Å². The van der Waals surface area contributed by atoms with Gasteiger partial charge in [-0.2, -0.15) is 0 Å². The molecule has 3 heteroatoms. The van der Waals surface area contributed by atoms with Crippen molar-refractivity contribution >= 4 is 0 Å². The Kier molecular flexibility index (Phi) is 4.40. The Morgan fingerprint density at radius 2 is 2.35 bits per heavy atom. The van der Waals surface area contributed by atoms with Crippen LogP contribution in [0.1, 0.15) is 24.0 Å². The Hall–Kier alpha value is -1.06. The molecule has 2 rings (SSSR count). The Balaban J connectivity index is 1.86. The van der Waals surface area contributed by atoms with E-state index < -0.39 is 0 Å². The van der Waals surface area contributed by atoms with Gasteiger partial charge in [0, 0.05) is 24.7 Å². The first kappa shape index (κ1) is 12.4. The summed E-state index contributed by atoms with van der Waals surface area (Å²) in [6.45, 7) is 5.20. The maximum Gasteiger partial charge on any atom is 0.123 e. The molecule has 0 spiro atoms. The maximum atomic E-state index is 5.37. The summed E-state index contributed by atoms with van der Waals surface area (Å²) in [7, 11) is 1.73. The highest BCUT2D eigenvalue weighted by Gasteiger charge is 2.13. The maximum absolute atomic E-state index is 5.37. The molecule has 94 valence electrons. The standard InChI is InChI=1S/C14H22N2O/c1-11-5-6-14(17-2)12(8-11)9-15-10-13-4-3-7-16-13/h5-6,8,13,15-16H,3-4,7,9-10H2,1-2H3. The van der Waals surface area contributed by atoms with Crippen molar-refractivity contribution in [3.63, 3.8) is 0 Å². The molecule has 3 nitrogen and oxygen atoms in total. The minimum Gasteiger partial charge on any atom is -0.496 e. The van der Waals surface area contributed by atoms with E-state index in [1.165, 1.54) is 30.5 Å². The summed E-state index contributed by atoms with van der Waals surface area (Å²) in [6, 6.07) is 6.96. The highest BCUT2D eigenvalue weighted by Crippen LogP contribution is 2.19. The van der Waals surface area contributed by atoms with Gasteiger partial charge in [0.1, 0.15) is 5.75 Å². The van der Waals surface area contributed by atoms with Crippen molar-refractivity contribution in [2.75, 3.05) is 20.2 Å². The van der Waals surface area contributed by atoms with Crippen LogP contribution in [0.4, 0.5) is 0 Å². The fourth-order valence-electron chi connectivity index (χ4n) is 2.36. The Morgan fingerprint density at radius 3 is 3.06 bits per heavy atom. The quantitative estimate of drug-likeness (QED) is 0.815. The van der Waals surface area contributed by atoms with E-state index in [-0.39, 0.29) is 0 Å². The topological polar surface area (TPSA) is 33.3 Å². The monoisotopic (exact) mass is 234 g/mol. The van der Waals surface area contributed by atoms with Gasteiger partial charge in [0.2, 0.25) is 0 Å². The molecule has 1 saturated heterocycles. The average molecular weight is 234 g/mol. The van der Waals surface area contributed by atoms with E-state index >= 15 is 0 Å². The van der Waals surface area contributed by atoms with Crippen molar-refractivity contribution in [3.05, 3.63) is 29.3 Å². The van der Waals surface area contributed by atoms with Crippen molar-refractivity contribution < 1.29 is 4.74 Å². The second kappa shape index (κ2) is 6.03. The van der Waals surface area contributed by atoms with Gasteiger partial charge in [0.25, 0.3) is 0 Å².